The molecule has 1 unspecified atom stereocenters. The Kier molecular flexibility index (Phi) is 4.39. The van der Waals surface area contributed by atoms with Crippen LogP contribution in [0.25, 0.3) is 0 Å². The summed E-state index contributed by atoms with van der Waals surface area (Å²) < 4.78 is 0. The van der Waals surface area contributed by atoms with E-state index in [1.807, 2.05) is 6.92 Å². The van der Waals surface area contributed by atoms with Crippen molar-refractivity contribution in [3.8, 4) is 11.8 Å². The molecule has 1 atom stereocenters. The van der Waals surface area contributed by atoms with Gasteiger partial charge in [0.25, 0.3) is 0 Å². The summed E-state index contributed by atoms with van der Waals surface area (Å²) in [4.78, 5) is 0. The smallest absolute Gasteiger partial charge is 0.0405 e. The maximum absolute atomic E-state index is 6.00. The highest BCUT2D eigenvalue weighted by Crippen LogP contribution is 2.18. The lowest BCUT2D eigenvalue weighted by Crippen LogP contribution is -2.09. The second-order valence-corrected chi connectivity index (χ2v) is 4.06. The van der Waals surface area contributed by atoms with Crippen LogP contribution < -0.4 is 5.73 Å². The van der Waals surface area contributed by atoms with Gasteiger partial charge in [-0.05, 0) is 24.0 Å². The van der Waals surface area contributed by atoms with Gasteiger partial charge in [0.1, 0.15) is 0 Å². The number of hydrogen-bond acceptors (Lipinski definition) is 1. The first kappa shape index (κ1) is 11.8. The lowest BCUT2D eigenvalue weighted by molar-refractivity contribution is 0.751. The summed E-state index contributed by atoms with van der Waals surface area (Å²) >= 11 is 0. The molecule has 1 nitrogen and oxygen atoms in total. The Morgan fingerprint density at radius 1 is 1.13 bits per heavy atom. The normalized spacial score (nSPS) is 12.1. The number of nitrogens with two attached hydrogens (primary N) is 1. The SMILES string of the molecule is CC#CCC(N)c1ccc(C(C)C)cc1. The maximum Gasteiger partial charge on any atom is 0.0405 e. The van der Waals surface area contributed by atoms with Gasteiger partial charge in [-0.3, -0.25) is 0 Å². The monoisotopic (exact) mass is 201 g/mol. The van der Waals surface area contributed by atoms with Crippen LogP contribution >= 0.6 is 0 Å². The van der Waals surface area contributed by atoms with Crippen molar-refractivity contribution in [1.82, 2.24) is 0 Å². The molecule has 0 fully saturated rings. The molecule has 0 aromatic heterocycles. The molecule has 0 aliphatic rings. The van der Waals surface area contributed by atoms with Crippen molar-refractivity contribution >= 4 is 0 Å². The standard InChI is InChI=1S/C14H19N/c1-4-5-6-14(15)13-9-7-12(8-10-13)11(2)3/h7-11,14H,6,15H2,1-3H3. The van der Waals surface area contributed by atoms with E-state index in [4.69, 9.17) is 5.73 Å². The third-order valence-electron chi connectivity index (χ3n) is 2.53. The molecule has 0 radical (unpaired) electrons. The Labute approximate surface area is 92.7 Å². The highest BCUT2D eigenvalue weighted by molar-refractivity contribution is 5.27. The van der Waals surface area contributed by atoms with E-state index in [0.29, 0.717) is 5.92 Å². The quantitative estimate of drug-likeness (QED) is 0.746. The first-order valence-electron chi connectivity index (χ1n) is 5.40. The number of rotatable bonds is 3. The van der Waals surface area contributed by atoms with Gasteiger partial charge >= 0.3 is 0 Å². The second kappa shape index (κ2) is 5.58. The summed E-state index contributed by atoms with van der Waals surface area (Å²) in [6.45, 7) is 6.23. The molecule has 1 aromatic rings. The largest absolute Gasteiger partial charge is 0.323 e. The van der Waals surface area contributed by atoms with E-state index in [9.17, 15) is 0 Å². The molecule has 1 heteroatoms. The predicted octanol–water partition coefficient (Wildman–Crippen LogP) is 3.22. The molecule has 0 heterocycles. The van der Waals surface area contributed by atoms with Crippen LogP contribution in [0, 0.1) is 11.8 Å². The van der Waals surface area contributed by atoms with Crippen LogP contribution in [0.1, 0.15) is 50.3 Å². The fourth-order valence-corrected chi connectivity index (χ4v) is 1.46. The van der Waals surface area contributed by atoms with Crippen molar-refractivity contribution < 1.29 is 0 Å². The molecule has 2 N–H and O–H groups in total. The van der Waals surface area contributed by atoms with Gasteiger partial charge in [0, 0.05) is 12.5 Å². The lowest BCUT2D eigenvalue weighted by atomic mass is 9.98. The predicted molar refractivity (Wildman–Crippen MR) is 65.5 cm³/mol. The van der Waals surface area contributed by atoms with Crippen molar-refractivity contribution in [2.75, 3.05) is 0 Å². The summed E-state index contributed by atoms with van der Waals surface area (Å²) in [7, 11) is 0. The van der Waals surface area contributed by atoms with E-state index < -0.39 is 0 Å². The lowest BCUT2D eigenvalue weighted by Gasteiger charge is -2.10. The van der Waals surface area contributed by atoms with E-state index in [1.165, 1.54) is 11.1 Å². The summed E-state index contributed by atoms with van der Waals surface area (Å²) in [6.07, 6.45) is 0.734. The number of hydrogen-bond donors (Lipinski definition) is 1. The topological polar surface area (TPSA) is 26.0 Å². The summed E-state index contributed by atoms with van der Waals surface area (Å²) in [6, 6.07) is 8.56. The van der Waals surface area contributed by atoms with Crippen LogP contribution in [0.2, 0.25) is 0 Å². The molecular weight excluding hydrogens is 182 g/mol. The van der Waals surface area contributed by atoms with E-state index in [0.717, 1.165) is 6.42 Å². The first-order chi connectivity index (χ1) is 7.15. The van der Waals surface area contributed by atoms with Gasteiger partial charge < -0.3 is 5.73 Å². The summed E-state index contributed by atoms with van der Waals surface area (Å²) in [5, 5.41) is 0. The highest BCUT2D eigenvalue weighted by Gasteiger charge is 2.04. The Morgan fingerprint density at radius 2 is 1.67 bits per heavy atom. The van der Waals surface area contributed by atoms with Gasteiger partial charge in [0.2, 0.25) is 0 Å². The molecule has 0 saturated carbocycles. The fourth-order valence-electron chi connectivity index (χ4n) is 1.46. The van der Waals surface area contributed by atoms with Crippen molar-refractivity contribution in [2.45, 2.75) is 39.2 Å². The zero-order chi connectivity index (χ0) is 11.3. The Bertz CT molecular complexity index is 351. The second-order valence-electron chi connectivity index (χ2n) is 4.06. The number of benzene rings is 1. The minimum absolute atomic E-state index is 0.0404. The minimum Gasteiger partial charge on any atom is -0.323 e. The minimum atomic E-state index is 0.0404. The van der Waals surface area contributed by atoms with Crippen LogP contribution in [0.4, 0.5) is 0 Å². The third-order valence-corrected chi connectivity index (χ3v) is 2.53. The molecule has 0 amide bonds. The molecule has 1 aromatic carbocycles. The third kappa shape index (κ3) is 3.42. The highest BCUT2D eigenvalue weighted by atomic mass is 14.6. The zero-order valence-electron chi connectivity index (χ0n) is 9.75. The van der Waals surface area contributed by atoms with Crippen LogP contribution in [0.15, 0.2) is 24.3 Å². The Hall–Kier alpha value is -1.26. The van der Waals surface area contributed by atoms with Crippen LogP contribution in [-0.4, -0.2) is 0 Å². The first-order valence-corrected chi connectivity index (χ1v) is 5.40. The van der Waals surface area contributed by atoms with E-state index in [2.05, 4.69) is 50.0 Å². The Morgan fingerprint density at radius 3 is 2.13 bits per heavy atom. The Balaban J connectivity index is 2.73. The van der Waals surface area contributed by atoms with Gasteiger partial charge in [-0.2, -0.15) is 0 Å². The van der Waals surface area contributed by atoms with Gasteiger partial charge in [0.05, 0.1) is 0 Å². The molecule has 80 valence electrons. The molecule has 0 bridgehead atoms. The molecule has 0 aliphatic carbocycles. The molecule has 0 aliphatic heterocycles. The maximum atomic E-state index is 6.00. The van der Waals surface area contributed by atoms with Gasteiger partial charge in [-0.1, -0.05) is 38.1 Å². The molecule has 0 spiro atoms. The van der Waals surface area contributed by atoms with Crippen molar-refractivity contribution in [3.63, 3.8) is 0 Å². The van der Waals surface area contributed by atoms with Crippen molar-refractivity contribution in [3.05, 3.63) is 35.4 Å². The van der Waals surface area contributed by atoms with Gasteiger partial charge in [-0.15, -0.1) is 11.8 Å². The van der Waals surface area contributed by atoms with E-state index >= 15 is 0 Å². The van der Waals surface area contributed by atoms with Crippen LogP contribution in [-0.2, 0) is 0 Å². The molecule has 1 rings (SSSR count). The van der Waals surface area contributed by atoms with Crippen LogP contribution in [0.3, 0.4) is 0 Å². The average Bonchev–Trinajstić information content (AvgIpc) is 2.26. The molecular formula is C14H19N. The van der Waals surface area contributed by atoms with Crippen LogP contribution in [0.5, 0.6) is 0 Å². The van der Waals surface area contributed by atoms with E-state index in [-0.39, 0.29) is 6.04 Å². The van der Waals surface area contributed by atoms with E-state index in [1.54, 1.807) is 0 Å². The van der Waals surface area contributed by atoms with Gasteiger partial charge in [-0.25, -0.2) is 0 Å². The molecule has 0 saturated heterocycles. The summed E-state index contributed by atoms with van der Waals surface area (Å²) in [5.74, 6) is 6.45. The van der Waals surface area contributed by atoms with Gasteiger partial charge in [0.15, 0.2) is 0 Å². The summed E-state index contributed by atoms with van der Waals surface area (Å²) in [5.41, 5.74) is 8.53. The van der Waals surface area contributed by atoms with Crippen molar-refractivity contribution in [1.29, 1.82) is 0 Å². The average molecular weight is 201 g/mol. The van der Waals surface area contributed by atoms with Crippen molar-refractivity contribution in [2.24, 2.45) is 5.73 Å². The zero-order valence-corrected chi connectivity index (χ0v) is 9.75. The fraction of sp³-hybridized carbons (Fsp3) is 0.429. The molecule has 15 heavy (non-hydrogen) atoms.